The summed E-state index contributed by atoms with van der Waals surface area (Å²) >= 11 is 0. The number of methoxy groups -OCH3 is 1. The summed E-state index contributed by atoms with van der Waals surface area (Å²) in [6.07, 6.45) is 12.3. The lowest BCUT2D eigenvalue weighted by Crippen LogP contribution is -2.52. The van der Waals surface area contributed by atoms with Crippen LogP contribution in [0.25, 0.3) is 0 Å². The highest BCUT2D eigenvalue weighted by atomic mass is 16.6. The normalized spacial score (nSPS) is 31.2. The average molecular weight is 401 g/mol. The van der Waals surface area contributed by atoms with Gasteiger partial charge in [0.15, 0.2) is 0 Å². The van der Waals surface area contributed by atoms with Crippen LogP contribution in [0, 0.1) is 5.92 Å². The van der Waals surface area contributed by atoms with Crippen LogP contribution < -0.4 is 5.32 Å². The molecule has 0 aromatic carbocycles. The molecular formula is C24H36N2O3. The fraction of sp³-hybridized carbons (Fsp3) is 0.667. The van der Waals surface area contributed by atoms with Crippen molar-refractivity contribution in [1.29, 1.82) is 0 Å². The van der Waals surface area contributed by atoms with E-state index in [-0.39, 0.29) is 12.2 Å². The molecule has 4 aliphatic rings. The first-order valence-corrected chi connectivity index (χ1v) is 11.2. The van der Waals surface area contributed by atoms with E-state index in [4.69, 9.17) is 14.2 Å². The van der Waals surface area contributed by atoms with E-state index in [0.29, 0.717) is 12.0 Å². The zero-order valence-electron chi connectivity index (χ0n) is 18.2. The van der Waals surface area contributed by atoms with E-state index in [9.17, 15) is 0 Å². The molecule has 2 unspecified atom stereocenters. The second-order valence-electron chi connectivity index (χ2n) is 8.79. The monoisotopic (exact) mass is 400 g/mol. The molecule has 0 bridgehead atoms. The van der Waals surface area contributed by atoms with Crippen LogP contribution >= 0.6 is 0 Å². The Hall–Kier alpha value is -1.40. The molecule has 160 valence electrons. The van der Waals surface area contributed by atoms with Crippen molar-refractivity contribution in [2.24, 2.45) is 5.92 Å². The number of fused-ring (bicyclic) bond motifs is 1. The maximum atomic E-state index is 6.05. The first-order chi connectivity index (χ1) is 14.2. The molecule has 0 aromatic heterocycles. The molecule has 2 aliphatic heterocycles. The highest BCUT2D eigenvalue weighted by molar-refractivity contribution is 5.36. The number of hydrogen-bond donors (Lipinski definition) is 1. The third-order valence-electron chi connectivity index (χ3n) is 6.40. The number of allylic oxidation sites excluding steroid dienone is 2. The van der Waals surface area contributed by atoms with Crippen molar-refractivity contribution < 1.29 is 14.2 Å². The molecule has 0 amide bonds. The lowest BCUT2D eigenvalue weighted by atomic mass is 9.85. The van der Waals surface area contributed by atoms with Gasteiger partial charge in [0.05, 0.1) is 7.11 Å². The van der Waals surface area contributed by atoms with Gasteiger partial charge in [-0.2, -0.15) is 0 Å². The van der Waals surface area contributed by atoms with E-state index >= 15 is 0 Å². The van der Waals surface area contributed by atoms with Gasteiger partial charge in [-0.25, -0.2) is 0 Å². The lowest BCUT2D eigenvalue weighted by molar-refractivity contribution is -0.0195. The second kappa shape index (κ2) is 9.61. The van der Waals surface area contributed by atoms with Gasteiger partial charge in [-0.15, -0.1) is 0 Å². The standard InChI is InChI=1S/C24H36N2O3/c1-17(2)19-7-4-5-8-20(19)21-16-26(10-9-25-21)15-18-13-22(27-3)24-23(14-18)28-11-6-12-29-24/h5,8,13-14,17,21,23-25H,4,6-7,9-12,15-16H2,1-3H3/t21-,23?,24?/m0/s1. The molecule has 2 aliphatic carbocycles. The Bertz CT molecular complexity index is 707. The molecule has 0 spiro atoms. The van der Waals surface area contributed by atoms with Gasteiger partial charge in [0.2, 0.25) is 0 Å². The molecule has 5 heteroatoms. The van der Waals surface area contributed by atoms with Gasteiger partial charge >= 0.3 is 0 Å². The van der Waals surface area contributed by atoms with Crippen LogP contribution in [0.1, 0.15) is 33.1 Å². The Morgan fingerprint density at radius 2 is 2.14 bits per heavy atom. The van der Waals surface area contributed by atoms with Gasteiger partial charge in [-0.3, -0.25) is 4.90 Å². The van der Waals surface area contributed by atoms with Crippen molar-refractivity contribution in [3.8, 4) is 0 Å². The fourth-order valence-corrected chi connectivity index (χ4v) is 4.93. The molecule has 4 rings (SSSR count). The maximum Gasteiger partial charge on any atom is 0.144 e. The van der Waals surface area contributed by atoms with E-state index < -0.39 is 0 Å². The van der Waals surface area contributed by atoms with Crippen LogP contribution in [0.5, 0.6) is 0 Å². The SMILES string of the molecule is COC1=CC(CN2CCN[C@H](C3=C(C(C)C)CCC=C3)C2)=CC2OCCCOC12. The minimum atomic E-state index is -0.104. The summed E-state index contributed by atoms with van der Waals surface area (Å²) in [5, 5.41) is 3.76. The van der Waals surface area contributed by atoms with Gasteiger partial charge in [0.1, 0.15) is 18.0 Å². The maximum absolute atomic E-state index is 6.05. The summed E-state index contributed by atoms with van der Waals surface area (Å²) in [6, 6.07) is 0.415. The number of nitrogens with zero attached hydrogens (tertiary/aromatic N) is 1. The molecular weight excluding hydrogens is 364 g/mol. The molecule has 0 aromatic rings. The quantitative estimate of drug-likeness (QED) is 0.768. The summed E-state index contributed by atoms with van der Waals surface area (Å²) in [6.45, 7) is 10.2. The Balaban J connectivity index is 1.47. The molecule has 29 heavy (non-hydrogen) atoms. The summed E-state index contributed by atoms with van der Waals surface area (Å²) in [4.78, 5) is 2.56. The van der Waals surface area contributed by atoms with Crippen molar-refractivity contribution >= 4 is 0 Å². The molecule has 0 saturated carbocycles. The van der Waals surface area contributed by atoms with E-state index in [1.165, 1.54) is 24.0 Å². The van der Waals surface area contributed by atoms with Gasteiger partial charge in [-0.1, -0.05) is 31.6 Å². The molecule has 0 radical (unpaired) electrons. The average Bonchev–Trinajstić information content (AvgIpc) is 2.99. The fourth-order valence-electron chi connectivity index (χ4n) is 4.93. The topological polar surface area (TPSA) is 43.0 Å². The Morgan fingerprint density at radius 3 is 2.97 bits per heavy atom. The number of hydrogen-bond acceptors (Lipinski definition) is 5. The Labute approximate surface area is 175 Å². The van der Waals surface area contributed by atoms with Crippen LogP contribution in [0.4, 0.5) is 0 Å². The summed E-state index contributed by atoms with van der Waals surface area (Å²) in [5.74, 6) is 1.51. The van der Waals surface area contributed by atoms with Gasteiger partial charge in [-0.05, 0) is 48.5 Å². The summed E-state index contributed by atoms with van der Waals surface area (Å²) in [7, 11) is 1.73. The number of piperazine rings is 1. The zero-order chi connectivity index (χ0) is 20.2. The van der Waals surface area contributed by atoms with Crippen LogP contribution in [-0.4, -0.2) is 69.7 Å². The van der Waals surface area contributed by atoms with Crippen molar-refractivity contribution in [3.63, 3.8) is 0 Å². The van der Waals surface area contributed by atoms with Crippen molar-refractivity contribution in [1.82, 2.24) is 10.2 Å². The van der Waals surface area contributed by atoms with Gasteiger partial charge < -0.3 is 19.5 Å². The van der Waals surface area contributed by atoms with E-state index in [1.54, 1.807) is 12.7 Å². The van der Waals surface area contributed by atoms with Crippen LogP contribution in [0.3, 0.4) is 0 Å². The van der Waals surface area contributed by atoms with Gasteiger partial charge in [0, 0.05) is 45.4 Å². The third kappa shape index (κ3) is 4.85. The molecule has 2 fully saturated rings. The first-order valence-electron chi connectivity index (χ1n) is 11.2. The van der Waals surface area contributed by atoms with Crippen molar-refractivity contribution in [2.45, 2.75) is 51.4 Å². The zero-order valence-corrected chi connectivity index (χ0v) is 18.2. The van der Waals surface area contributed by atoms with Crippen molar-refractivity contribution in [2.75, 3.05) is 46.5 Å². The van der Waals surface area contributed by atoms with E-state index in [2.05, 4.69) is 48.4 Å². The van der Waals surface area contributed by atoms with Crippen LogP contribution in [0.15, 0.2) is 46.8 Å². The van der Waals surface area contributed by atoms with E-state index in [1.807, 2.05) is 0 Å². The number of rotatable bonds is 5. The Morgan fingerprint density at radius 1 is 1.28 bits per heavy atom. The number of ether oxygens (including phenoxy) is 3. The molecule has 1 N–H and O–H groups in total. The van der Waals surface area contributed by atoms with E-state index in [0.717, 1.165) is 51.6 Å². The highest BCUT2D eigenvalue weighted by Gasteiger charge is 2.33. The minimum Gasteiger partial charge on any atom is -0.498 e. The van der Waals surface area contributed by atoms with Crippen LogP contribution in [-0.2, 0) is 14.2 Å². The lowest BCUT2D eigenvalue weighted by Gasteiger charge is -2.37. The van der Waals surface area contributed by atoms with Crippen molar-refractivity contribution in [3.05, 3.63) is 46.8 Å². The molecule has 2 saturated heterocycles. The van der Waals surface area contributed by atoms with Gasteiger partial charge in [0.25, 0.3) is 0 Å². The molecule has 5 nitrogen and oxygen atoms in total. The first kappa shape index (κ1) is 20.9. The minimum absolute atomic E-state index is 0.0392. The highest BCUT2D eigenvalue weighted by Crippen LogP contribution is 2.30. The third-order valence-corrected chi connectivity index (χ3v) is 6.40. The molecule has 3 atom stereocenters. The number of nitrogens with one attached hydrogen (secondary N) is 1. The summed E-state index contributed by atoms with van der Waals surface area (Å²) in [5.41, 5.74) is 4.41. The van der Waals surface area contributed by atoms with Crippen LogP contribution in [0.2, 0.25) is 0 Å². The second-order valence-corrected chi connectivity index (χ2v) is 8.79. The predicted molar refractivity (Wildman–Crippen MR) is 116 cm³/mol. The Kier molecular flexibility index (Phi) is 6.91. The summed E-state index contributed by atoms with van der Waals surface area (Å²) < 4.78 is 17.7. The smallest absolute Gasteiger partial charge is 0.144 e. The largest absolute Gasteiger partial charge is 0.498 e. The molecule has 2 heterocycles. The predicted octanol–water partition coefficient (Wildman–Crippen LogP) is 3.21.